The third-order valence-electron chi connectivity index (χ3n) is 3.40. The second kappa shape index (κ2) is 4.96. The topological polar surface area (TPSA) is 39.9 Å². The van der Waals surface area contributed by atoms with Crippen molar-refractivity contribution in [1.29, 1.82) is 0 Å². The van der Waals surface area contributed by atoms with E-state index in [0.29, 0.717) is 0 Å². The number of hydrogen-bond donors (Lipinski definition) is 0. The van der Waals surface area contributed by atoms with Gasteiger partial charge < -0.3 is 4.74 Å². The molecule has 0 atom stereocenters. The summed E-state index contributed by atoms with van der Waals surface area (Å²) in [6, 6.07) is 10.1. The molecule has 0 saturated carbocycles. The van der Waals surface area contributed by atoms with Crippen LogP contribution in [0.3, 0.4) is 0 Å². The standard InChI is InChI=1S/C16H17N3O/c1-4-15-14-6-5-13(20-3)9-12(14)10-16(17-15)19-8-7-11(2)18-19/h5-10H,4H2,1-3H3. The molecule has 1 aromatic carbocycles. The Kier molecular flexibility index (Phi) is 3.14. The number of pyridine rings is 1. The number of ether oxygens (including phenoxy) is 1. The molecule has 0 spiro atoms. The van der Waals surface area contributed by atoms with Gasteiger partial charge in [-0.3, -0.25) is 0 Å². The highest BCUT2D eigenvalue weighted by Gasteiger charge is 2.08. The van der Waals surface area contributed by atoms with Gasteiger partial charge in [0, 0.05) is 11.6 Å². The summed E-state index contributed by atoms with van der Waals surface area (Å²) < 4.78 is 7.12. The zero-order valence-corrected chi connectivity index (χ0v) is 11.9. The van der Waals surface area contributed by atoms with Crippen LogP contribution in [-0.4, -0.2) is 21.9 Å². The van der Waals surface area contributed by atoms with E-state index in [0.717, 1.165) is 34.8 Å². The Balaban J connectivity index is 2.23. The van der Waals surface area contributed by atoms with E-state index >= 15 is 0 Å². The molecule has 2 heterocycles. The molecule has 3 rings (SSSR count). The largest absolute Gasteiger partial charge is 0.497 e. The van der Waals surface area contributed by atoms with Crippen LogP contribution in [0.4, 0.5) is 0 Å². The molecule has 0 radical (unpaired) electrons. The highest BCUT2D eigenvalue weighted by molar-refractivity contribution is 5.87. The van der Waals surface area contributed by atoms with Gasteiger partial charge in [0.1, 0.15) is 5.75 Å². The number of aromatic nitrogens is 3. The molecule has 3 aromatic rings. The van der Waals surface area contributed by atoms with Crippen molar-refractivity contribution in [2.75, 3.05) is 7.11 Å². The molecular formula is C16H17N3O. The summed E-state index contributed by atoms with van der Waals surface area (Å²) in [5, 5.41) is 6.72. The molecule has 0 aliphatic rings. The number of hydrogen-bond acceptors (Lipinski definition) is 3. The monoisotopic (exact) mass is 267 g/mol. The molecule has 0 unspecified atom stereocenters. The van der Waals surface area contributed by atoms with Crippen molar-refractivity contribution >= 4 is 10.8 Å². The highest BCUT2D eigenvalue weighted by atomic mass is 16.5. The second-order valence-electron chi connectivity index (χ2n) is 4.77. The lowest BCUT2D eigenvalue weighted by Gasteiger charge is -2.09. The van der Waals surface area contributed by atoms with Gasteiger partial charge in [-0.05, 0) is 49.1 Å². The van der Waals surface area contributed by atoms with Crippen LogP contribution in [0.15, 0.2) is 36.5 Å². The highest BCUT2D eigenvalue weighted by Crippen LogP contribution is 2.25. The van der Waals surface area contributed by atoms with Gasteiger partial charge in [-0.25, -0.2) is 9.67 Å². The van der Waals surface area contributed by atoms with Crippen LogP contribution >= 0.6 is 0 Å². The first-order valence-electron chi connectivity index (χ1n) is 6.71. The number of methoxy groups -OCH3 is 1. The molecule has 0 amide bonds. The lowest BCUT2D eigenvalue weighted by atomic mass is 10.1. The maximum Gasteiger partial charge on any atom is 0.154 e. The van der Waals surface area contributed by atoms with E-state index in [1.807, 2.05) is 42.1 Å². The number of benzene rings is 1. The van der Waals surface area contributed by atoms with Crippen LogP contribution in [0, 0.1) is 6.92 Å². The Morgan fingerprint density at radius 3 is 2.70 bits per heavy atom. The smallest absolute Gasteiger partial charge is 0.154 e. The van der Waals surface area contributed by atoms with Crippen LogP contribution in [0.5, 0.6) is 5.75 Å². The van der Waals surface area contributed by atoms with Crippen molar-refractivity contribution in [2.24, 2.45) is 0 Å². The average Bonchev–Trinajstić information content (AvgIpc) is 2.92. The fourth-order valence-electron chi connectivity index (χ4n) is 2.35. The van der Waals surface area contributed by atoms with Gasteiger partial charge in [0.05, 0.1) is 18.5 Å². The number of nitrogens with zero attached hydrogens (tertiary/aromatic N) is 3. The van der Waals surface area contributed by atoms with Crippen molar-refractivity contribution in [2.45, 2.75) is 20.3 Å². The van der Waals surface area contributed by atoms with Gasteiger partial charge in [0.2, 0.25) is 0 Å². The third kappa shape index (κ3) is 2.13. The summed E-state index contributed by atoms with van der Waals surface area (Å²) >= 11 is 0. The van der Waals surface area contributed by atoms with Crippen LogP contribution < -0.4 is 4.74 Å². The zero-order chi connectivity index (χ0) is 14.1. The first kappa shape index (κ1) is 12.7. The Labute approximate surface area is 118 Å². The summed E-state index contributed by atoms with van der Waals surface area (Å²) in [4.78, 5) is 4.72. The third-order valence-corrected chi connectivity index (χ3v) is 3.40. The van der Waals surface area contributed by atoms with Gasteiger partial charge >= 0.3 is 0 Å². The summed E-state index contributed by atoms with van der Waals surface area (Å²) in [6.07, 6.45) is 2.82. The van der Waals surface area contributed by atoms with Gasteiger partial charge in [-0.2, -0.15) is 5.10 Å². The van der Waals surface area contributed by atoms with Crippen LogP contribution in [0.2, 0.25) is 0 Å². The van der Waals surface area contributed by atoms with Crippen LogP contribution in [-0.2, 0) is 6.42 Å². The maximum absolute atomic E-state index is 5.30. The quantitative estimate of drug-likeness (QED) is 0.731. The predicted octanol–water partition coefficient (Wildman–Crippen LogP) is 3.30. The first-order chi connectivity index (χ1) is 9.71. The van der Waals surface area contributed by atoms with E-state index in [-0.39, 0.29) is 0 Å². The van der Waals surface area contributed by atoms with Crippen molar-refractivity contribution < 1.29 is 4.74 Å². The molecule has 0 aliphatic carbocycles. The lowest BCUT2D eigenvalue weighted by Crippen LogP contribution is -2.02. The molecule has 102 valence electrons. The molecule has 2 aromatic heterocycles. The number of rotatable bonds is 3. The molecule has 0 fully saturated rings. The minimum absolute atomic E-state index is 0.843. The second-order valence-corrected chi connectivity index (χ2v) is 4.77. The fraction of sp³-hybridized carbons (Fsp3) is 0.250. The minimum Gasteiger partial charge on any atom is -0.497 e. The Hall–Kier alpha value is -2.36. The average molecular weight is 267 g/mol. The van der Waals surface area contributed by atoms with E-state index in [9.17, 15) is 0 Å². The molecule has 0 aliphatic heterocycles. The van der Waals surface area contributed by atoms with Gasteiger partial charge in [0.25, 0.3) is 0 Å². The normalized spacial score (nSPS) is 10.9. The Bertz CT molecular complexity index is 762. The molecule has 4 heteroatoms. The van der Waals surface area contributed by atoms with E-state index in [2.05, 4.69) is 18.1 Å². The minimum atomic E-state index is 0.843. The van der Waals surface area contributed by atoms with Gasteiger partial charge in [0.15, 0.2) is 5.82 Å². The van der Waals surface area contributed by atoms with Crippen molar-refractivity contribution in [1.82, 2.24) is 14.8 Å². The zero-order valence-electron chi connectivity index (χ0n) is 11.9. The maximum atomic E-state index is 5.30. The first-order valence-corrected chi connectivity index (χ1v) is 6.71. The molecule has 0 saturated heterocycles. The summed E-state index contributed by atoms with van der Waals surface area (Å²) in [5.74, 6) is 1.70. The number of aryl methyl sites for hydroxylation is 2. The van der Waals surface area contributed by atoms with Crippen molar-refractivity contribution in [3.63, 3.8) is 0 Å². The number of fused-ring (bicyclic) bond motifs is 1. The van der Waals surface area contributed by atoms with E-state index in [4.69, 9.17) is 9.72 Å². The van der Waals surface area contributed by atoms with Gasteiger partial charge in [-0.1, -0.05) is 6.92 Å². The summed E-state index contributed by atoms with van der Waals surface area (Å²) in [7, 11) is 1.68. The lowest BCUT2D eigenvalue weighted by molar-refractivity contribution is 0.415. The van der Waals surface area contributed by atoms with E-state index in [1.165, 1.54) is 5.39 Å². The molecule has 0 bridgehead atoms. The van der Waals surface area contributed by atoms with Crippen molar-refractivity contribution in [3.05, 3.63) is 47.9 Å². The Morgan fingerprint density at radius 1 is 1.20 bits per heavy atom. The predicted molar refractivity (Wildman–Crippen MR) is 79.5 cm³/mol. The van der Waals surface area contributed by atoms with Crippen LogP contribution in [0.1, 0.15) is 18.3 Å². The molecular weight excluding hydrogens is 250 g/mol. The van der Waals surface area contributed by atoms with Crippen molar-refractivity contribution in [3.8, 4) is 11.6 Å². The molecule has 20 heavy (non-hydrogen) atoms. The van der Waals surface area contributed by atoms with E-state index in [1.54, 1.807) is 7.11 Å². The fourth-order valence-corrected chi connectivity index (χ4v) is 2.35. The summed E-state index contributed by atoms with van der Waals surface area (Å²) in [5.41, 5.74) is 2.06. The van der Waals surface area contributed by atoms with Gasteiger partial charge in [-0.15, -0.1) is 0 Å². The summed E-state index contributed by atoms with van der Waals surface area (Å²) in [6.45, 7) is 4.09. The SMILES string of the molecule is CCc1nc(-n2ccc(C)n2)cc2cc(OC)ccc12. The van der Waals surface area contributed by atoms with E-state index < -0.39 is 0 Å². The molecule has 4 nitrogen and oxygen atoms in total. The Morgan fingerprint density at radius 2 is 2.05 bits per heavy atom. The molecule has 0 N–H and O–H groups in total. The van der Waals surface area contributed by atoms with Crippen LogP contribution in [0.25, 0.3) is 16.6 Å².